The Hall–Kier alpha value is -1.25. The molecule has 0 aliphatic heterocycles. The minimum atomic E-state index is 0.448. The first-order chi connectivity index (χ1) is 9.72. The predicted molar refractivity (Wildman–Crippen MR) is 84.7 cm³/mol. The van der Waals surface area contributed by atoms with Gasteiger partial charge in [-0.1, -0.05) is 44.2 Å². The zero-order valence-corrected chi connectivity index (χ0v) is 12.8. The van der Waals surface area contributed by atoms with E-state index in [0.29, 0.717) is 25.0 Å². The lowest BCUT2D eigenvalue weighted by atomic mass is 10.0. The maximum atomic E-state index is 6.08. The molecule has 0 aliphatic carbocycles. The zero-order valence-electron chi connectivity index (χ0n) is 12.1. The van der Waals surface area contributed by atoms with Crippen molar-refractivity contribution in [2.75, 3.05) is 19.8 Å². The van der Waals surface area contributed by atoms with Crippen LogP contribution in [0.3, 0.4) is 0 Å². The SMILES string of the molecule is CC(C)COCCOc1ccc2ccccc2c1CCl. The molecule has 3 heteroatoms. The van der Waals surface area contributed by atoms with Crippen LogP contribution in [0.25, 0.3) is 10.8 Å². The fourth-order valence-corrected chi connectivity index (χ4v) is 2.39. The highest BCUT2D eigenvalue weighted by atomic mass is 35.5. The molecule has 2 aromatic carbocycles. The van der Waals surface area contributed by atoms with Gasteiger partial charge in [0.2, 0.25) is 0 Å². The Balaban J connectivity index is 2.02. The molecule has 0 fully saturated rings. The molecular weight excluding hydrogens is 272 g/mol. The summed E-state index contributed by atoms with van der Waals surface area (Å²) in [5.41, 5.74) is 1.05. The third-order valence-electron chi connectivity index (χ3n) is 3.07. The molecule has 2 aromatic rings. The van der Waals surface area contributed by atoms with Crippen LogP contribution in [0.15, 0.2) is 36.4 Å². The van der Waals surface area contributed by atoms with Crippen molar-refractivity contribution in [3.8, 4) is 5.75 Å². The van der Waals surface area contributed by atoms with Crippen molar-refractivity contribution >= 4 is 22.4 Å². The van der Waals surface area contributed by atoms with Crippen molar-refractivity contribution in [1.29, 1.82) is 0 Å². The van der Waals surface area contributed by atoms with Gasteiger partial charge in [0.1, 0.15) is 12.4 Å². The topological polar surface area (TPSA) is 18.5 Å². The third kappa shape index (κ3) is 3.87. The van der Waals surface area contributed by atoms with Gasteiger partial charge < -0.3 is 9.47 Å². The van der Waals surface area contributed by atoms with Crippen LogP contribution in [0.2, 0.25) is 0 Å². The predicted octanol–water partition coefficient (Wildman–Crippen LogP) is 4.63. The first-order valence-corrected chi connectivity index (χ1v) is 7.53. The average molecular weight is 293 g/mol. The fourth-order valence-electron chi connectivity index (χ4n) is 2.12. The minimum absolute atomic E-state index is 0.448. The lowest BCUT2D eigenvalue weighted by Crippen LogP contribution is -2.10. The molecule has 0 atom stereocenters. The fraction of sp³-hybridized carbons (Fsp3) is 0.412. The van der Waals surface area contributed by atoms with E-state index in [0.717, 1.165) is 23.3 Å². The number of ether oxygens (including phenoxy) is 2. The van der Waals surface area contributed by atoms with Gasteiger partial charge in [-0.3, -0.25) is 0 Å². The van der Waals surface area contributed by atoms with Gasteiger partial charge in [0.15, 0.2) is 0 Å². The van der Waals surface area contributed by atoms with Crippen LogP contribution in [0.5, 0.6) is 5.75 Å². The average Bonchev–Trinajstić information content (AvgIpc) is 2.46. The Kier molecular flexibility index (Phi) is 5.69. The largest absolute Gasteiger partial charge is 0.491 e. The van der Waals surface area contributed by atoms with Crippen molar-refractivity contribution in [2.45, 2.75) is 19.7 Å². The number of hydrogen-bond donors (Lipinski definition) is 0. The van der Waals surface area contributed by atoms with Gasteiger partial charge in [-0.2, -0.15) is 0 Å². The summed E-state index contributed by atoms with van der Waals surface area (Å²) in [6, 6.07) is 12.3. The Morgan fingerprint density at radius 2 is 1.85 bits per heavy atom. The van der Waals surface area contributed by atoms with Gasteiger partial charge >= 0.3 is 0 Å². The molecule has 0 unspecified atom stereocenters. The van der Waals surface area contributed by atoms with Gasteiger partial charge in [0.05, 0.1) is 12.5 Å². The normalized spacial score (nSPS) is 11.2. The van der Waals surface area contributed by atoms with Crippen LogP contribution in [-0.4, -0.2) is 19.8 Å². The second kappa shape index (κ2) is 7.51. The van der Waals surface area contributed by atoms with E-state index in [1.165, 1.54) is 5.39 Å². The highest BCUT2D eigenvalue weighted by molar-refractivity contribution is 6.18. The summed E-state index contributed by atoms with van der Waals surface area (Å²) in [6.07, 6.45) is 0. The molecule has 0 heterocycles. The van der Waals surface area contributed by atoms with Crippen molar-refractivity contribution in [1.82, 2.24) is 0 Å². The van der Waals surface area contributed by atoms with Crippen LogP contribution in [-0.2, 0) is 10.6 Å². The van der Waals surface area contributed by atoms with Crippen molar-refractivity contribution in [3.63, 3.8) is 0 Å². The molecule has 0 saturated carbocycles. The summed E-state index contributed by atoms with van der Waals surface area (Å²) in [5, 5.41) is 2.34. The monoisotopic (exact) mass is 292 g/mol. The summed E-state index contributed by atoms with van der Waals surface area (Å²) < 4.78 is 11.3. The summed E-state index contributed by atoms with van der Waals surface area (Å²) in [6.45, 7) is 6.19. The molecule has 0 aliphatic rings. The van der Waals surface area contributed by atoms with Crippen LogP contribution in [0.1, 0.15) is 19.4 Å². The van der Waals surface area contributed by atoms with E-state index in [-0.39, 0.29) is 0 Å². The number of benzene rings is 2. The maximum absolute atomic E-state index is 6.08. The van der Waals surface area contributed by atoms with E-state index >= 15 is 0 Å². The van der Waals surface area contributed by atoms with E-state index in [2.05, 4.69) is 32.0 Å². The highest BCUT2D eigenvalue weighted by Gasteiger charge is 2.07. The minimum Gasteiger partial charge on any atom is -0.491 e. The Labute approximate surface area is 125 Å². The van der Waals surface area contributed by atoms with E-state index in [4.69, 9.17) is 21.1 Å². The van der Waals surface area contributed by atoms with Gasteiger partial charge in [-0.25, -0.2) is 0 Å². The van der Waals surface area contributed by atoms with Gasteiger partial charge in [-0.05, 0) is 22.8 Å². The lowest BCUT2D eigenvalue weighted by Gasteiger charge is -2.13. The molecule has 20 heavy (non-hydrogen) atoms. The number of rotatable bonds is 7. The van der Waals surface area contributed by atoms with Crippen LogP contribution < -0.4 is 4.74 Å². The molecule has 0 bridgehead atoms. The molecule has 0 amide bonds. The summed E-state index contributed by atoms with van der Waals surface area (Å²) in [4.78, 5) is 0. The molecule has 0 spiro atoms. The number of fused-ring (bicyclic) bond motifs is 1. The first-order valence-electron chi connectivity index (χ1n) is 6.99. The second-order valence-corrected chi connectivity index (χ2v) is 5.48. The van der Waals surface area contributed by atoms with Gasteiger partial charge in [0.25, 0.3) is 0 Å². The third-order valence-corrected chi connectivity index (χ3v) is 3.33. The quantitative estimate of drug-likeness (QED) is 0.547. The van der Waals surface area contributed by atoms with E-state index < -0.39 is 0 Å². The van der Waals surface area contributed by atoms with Crippen molar-refractivity contribution in [2.24, 2.45) is 5.92 Å². The number of alkyl halides is 1. The zero-order chi connectivity index (χ0) is 14.4. The second-order valence-electron chi connectivity index (χ2n) is 5.21. The smallest absolute Gasteiger partial charge is 0.124 e. The van der Waals surface area contributed by atoms with Crippen LogP contribution >= 0.6 is 11.6 Å². The molecule has 0 saturated heterocycles. The highest BCUT2D eigenvalue weighted by Crippen LogP contribution is 2.29. The molecule has 108 valence electrons. The molecule has 2 rings (SSSR count). The lowest BCUT2D eigenvalue weighted by molar-refractivity contribution is 0.0817. The Morgan fingerprint density at radius 3 is 2.60 bits per heavy atom. The van der Waals surface area contributed by atoms with E-state index in [1.54, 1.807) is 0 Å². The summed E-state index contributed by atoms with van der Waals surface area (Å²) in [7, 11) is 0. The van der Waals surface area contributed by atoms with E-state index in [1.807, 2.05) is 18.2 Å². The molecular formula is C17H21ClO2. The van der Waals surface area contributed by atoms with E-state index in [9.17, 15) is 0 Å². The van der Waals surface area contributed by atoms with Crippen molar-refractivity contribution in [3.05, 3.63) is 42.0 Å². The number of halogens is 1. The summed E-state index contributed by atoms with van der Waals surface area (Å²) >= 11 is 6.08. The molecule has 0 N–H and O–H groups in total. The standard InChI is InChI=1S/C17H21ClO2/c1-13(2)12-19-9-10-20-17-8-7-14-5-3-4-6-15(14)16(17)11-18/h3-8,13H,9-12H2,1-2H3. The van der Waals surface area contributed by atoms with Crippen LogP contribution in [0, 0.1) is 5.92 Å². The van der Waals surface area contributed by atoms with Gasteiger partial charge in [-0.15, -0.1) is 11.6 Å². The first kappa shape index (κ1) is 15.1. The molecule has 0 radical (unpaired) electrons. The summed E-state index contributed by atoms with van der Waals surface area (Å²) in [5.74, 6) is 1.85. The van der Waals surface area contributed by atoms with Gasteiger partial charge in [0, 0.05) is 12.2 Å². The number of hydrogen-bond acceptors (Lipinski definition) is 2. The van der Waals surface area contributed by atoms with Crippen molar-refractivity contribution < 1.29 is 9.47 Å². The molecule has 0 aromatic heterocycles. The maximum Gasteiger partial charge on any atom is 0.124 e. The van der Waals surface area contributed by atoms with Crippen LogP contribution in [0.4, 0.5) is 0 Å². The Morgan fingerprint density at radius 1 is 1.05 bits per heavy atom. The Bertz CT molecular complexity index is 552. The molecule has 2 nitrogen and oxygen atoms in total.